The summed E-state index contributed by atoms with van der Waals surface area (Å²) in [7, 11) is 0. The van der Waals surface area contributed by atoms with E-state index in [1.54, 1.807) is 0 Å². The van der Waals surface area contributed by atoms with E-state index in [0.29, 0.717) is 0 Å². The quantitative estimate of drug-likeness (QED) is 0.512. The van der Waals surface area contributed by atoms with Crippen LogP contribution in [0, 0.1) is 11.8 Å². The molecule has 17 heavy (non-hydrogen) atoms. The summed E-state index contributed by atoms with van der Waals surface area (Å²) in [5.41, 5.74) is 0. The van der Waals surface area contributed by atoms with E-state index in [2.05, 4.69) is 38.3 Å². The highest BCUT2D eigenvalue weighted by molar-refractivity contribution is 4.54. The molecule has 0 aliphatic carbocycles. The minimum Gasteiger partial charge on any atom is -0.317 e. The van der Waals surface area contributed by atoms with Gasteiger partial charge in [0.25, 0.3) is 0 Å². The van der Waals surface area contributed by atoms with Crippen molar-refractivity contribution in [2.45, 2.75) is 59.8 Å². The molecule has 0 saturated carbocycles. The van der Waals surface area contributed by atoms with E-state index in [-0.39, 0.29) is 0 Å². The number of hydrogen-bond donors (Lipinski definition) is 2. The molecular weight excluding hydrogens is 208 g/mol. The molecule has 0 aromatic carbocycles. The van der Waals surface area contributed by atoms with Gasteiger partial charge in [0.2, 0.25) is 0 Å². The van der Waals surface area contributed by atoms with Crippen molar-refractivity contribution in [3.05, 3.63) is 0 Å². The van der Waals surface area contributed by atoms with Crippen LogP contribution >= 0.6 is 0 Å². The molecule has 0 aromatic heterocycles. The molecule has 0 spiro atoms. The molecule has 2 N–H and O–H groups in total. The molecule has 0 amide bonds. The molecule has 104 valence electrons. The Bertz CT molecular complexity index is 128. The second-order valence-electron chi connectivity index (χ2n) is 5.94. The largest absolute Gasteiger partial charge is 0.317 e. The fraction of sp³-hybridized carbons (Fsp3) is 1.00. The van der Waals surface area contributed by atoms with Crippen molar-refractivity contribution < 1.29 is 0 Å². The van der Waals surface area contributed by atoms with Crippen LogP contribution in [0.1, 0.15) is 59.8 Å². The van der Waals surface area contributed by atoms with Gasteiger partial charge >= 0.3 is 0 Å². The lowest BCUT2D eigenvalue weighted by Gasteiger charge is -2.08. The molecule has 2 heteroatoms. The van der Waals surface area contributed by atoms with E-state index in [4.69, 9.17) is 0 Å². The van der Waals surface area contributed by atoms with Gasteiger partial charge in [-0.25, -0.2) is 0 Å². The predicted molar refractivity (Wildman–Crippen MR) is 78.5 cm³/mol. The average Bonchev–Trinajstić information content (AvgIpc) is 2.25. The molecule has 0 atom stereocenters. The third kappa shape index (κ3) is 15.9. The highest BCUT2D eigenvalue weighted by atomic mass is 14.9. The smallest absolute Gasteiger partial charge is 0.00258 e. The maximum absolute atomic E-state index is 3.52. The molecule has 2 nitrogen and oxygen atoms in total. The predicted octanol–water partition coefficient (Wildman–Crippen LogP) is 3.43. The van der Waals surface area contributed by atoms with Gasteiger partial charge in [-0.3, -0.25) is 0 Å². The topological polar surface area (TPSA) is 24.1 Å². The van der Waals surface area contributed by atoms with Crippen molar-refractivity contribution in [3.8, 4) is 0 Å². The summed E-state index contributed by atoms with van der Waals surface area (Å²) in [6.45, 7) is 13.8. The lowest BCUT2D eigenvalue weighted by molar-refractivity contribution is 0.507. The Morgan fingerprint density at radius 3 is 1.76 bits per heavy atom. The molecule has 0 heterocycles. The van der Waals surface area contributed by atoms with Crippen LogP contribution in [0.25, 0.3) is 0 Å². The fourth-order valence-electron chi connectivity index (χ4n) is 1.76. The Morgan fingerprint density at radius 2 is 1.24 bits per heavy atom. The number of rotatable bonds is 12. The fourth-order valence-corrected chi connectivity index (χ4v) is 1.76. The summed E-state index contributed by atoms with van der Waals surface area (Å²) in [4.78, 5) is 0. The molecule has 0 fully saturated rings. The van der Waals surface area contributed by atoms with Crippen LogP contribution in [-0.4, -0.2) is 26.2 Å². The van der Waals surface area contributed by atoms with Gasteiger partial charge in [0.15, 0.2) is 0 Å². The minimum atomic E-state index is 0.778. The molecule has 0 bridgehead atoms. The third-order valence-electron chi connectivity index (χ3n) is 2.91. The van der Waals surface area contributed by atoms with Crippen LogP contribution < -0.4 is 10.6 Å². The Kier molecular flexibility index (Phi) is 12.3. The zero-order chi connectivity index (χ0) is 12.9. The van der Waals surface area contributed by atoms with Crippen molar-refractivity contribution in [2.24, 2.45) is 11.8 Å². The van der Waals surface area contributed by atoms with E-state index in [9.17, 15) is 0 Å². The van der Waals surface area contributed by atoms with E-state index < -0.39 is 0 Å². The van der Waals surface area contributed by atoms with Crippen molar-refractivity contribution in [2.75, 3.05) is 26.2 Å². The molecule has 0 rings (SSSR count). The monoisotopic (exact) mass is 242 g/mol. The summed E-state index contributed by atoms with van der Waals surface area (Å²) < 4.78 is 0. The number of hydrogen-bond acceptors (Lipinski definition) is 2. The van der Waals surface area contributed by atoms with E-state index in [1.807, 2.05) is 0 Å². The maximum atomic E-state index is 3.52. The SMILES string of the molecule is CC(C)CCNCCCCCCNCC(C)C. The first-order chi connectivity index (χ1) is 8.13. The summed E-state index contributed by atoms with van der Waals surface area (Å²) in [6, 6.07) is 0. The normalized spacial score (nSPS) is 11.6. The lowest BCUT2D eigenvalue weighted by atomic mass is 10.1. The van der Waals surface area contributed by atoms with Crippen molar-refractivity contribution in [3.63, 3.8) is 0 Å². The molecular formula is C15H34N2. The highest BCUT2D eigenvalue weighted by Crippen LogP contribution is 1.99. The first-order valence-corrected chi connectivity index (χ1v) is 7.54. The van der Waals surface area contributed by atoms with Crippen LogP contribution in [-0.2, 0) is 0 Å². The van der Waals surface area contributed by atoms with E-state index in [0.717, 1.165) is 18.4 Å². The molecule has 0 saturated heterocycles. The standard InChI is InChI=1S/C15H34N2/c1-14(2)9-12-16-10-7-5-6-8-11-17-13-15(3)4/h14-17H,5-13H2,1-4H3. The van der Waals surface area contributed by atoms with Gasteiger partial charge in [-0.2, -0.15) is 0 Å². The van der Waals surface area contributed by atoms with Gasteiger partial charge in [0.1, 0.15) is 0 Å². The van der Waals surface area contributed by atoms with Gasteiger partial charge in [-0.15, -0.1) is 0 Å². The van der Waals surface area contributed by atoms with Gasteiger partial charge in [-0.1, -0.05) is 40.5 Å². The van der Waals surface area contributed by atoms with Crippen molar-refractivity contribution in [1.29, 1.82) is 0 Å². The molecule has 0 aliphatic heterocycles. The van der Waals surface area contributed by atoms with Crippen LogP contribution in [0.3, 0.4) is 0 Å². The van der Waals surface area contributed by atoms with Gasteiger partial charge in [0.05, 0.1) is 0 Å². The average molecular weight is 242 g/mol. The Labute approximate surface area is 109 Å². The second-order valence-corrected chi connectivity index (χ2v) is 5.94. The van der Waals surface area contributed by atoms with E-state index >= 15 is 0 Å². The van der Waals surface area contributed by atoms with Gasteiger partial charge < -0.3 is 10.6 Å². The van der Waals surface area contributed by atoms with Crippen molar-refractivity contribution in [1.82, 2.24) is 10.6 Å². The second kappa shape index (κ2) is 12.4. The van der Waals surface area contributed by atoms with Gasteiger partial charge in [0, 0.05) is 0 Å². The van der Waals surface area contributed by atoms with Gasteiger partial charge in [-0.05, 0) is 57.3 Å². The number of nitrogens with one attached hydrogen (secondary N) is 2. The Balaban J connectivity index is 2.94. The molecule has 0 radical (unpaired) electrons. The Morgan fingerprint density at radius 1 is 0.647 bits per heavy atom. The lowest BCUT2D eigenvalue weighted by Crippen LogP contribution is -2.20. The zero-order valence-electron chi connectivity index (χ0n) is 12.5. The molecule has 0 aromatic rings. The van der Waals surface area contributed by atoms with Crippen LogP contribution in [0.4, 0.5) is 0 Å². The minimum absolute atomic E-state index is 0.778. The Hall–Kier alpha value is -0.0800. The summed E-state index contributed by atoms with van der Waals surface area (Å²) >= 11 is 0. The first-order valence-electron chi connectivity index (χ1n) is 7.54. The molecule has 0 aliphatic rings. The molecule has 0 unspecified atom stereocenters. The summed E-state index contributed by atoms with van der Waals surface area (Å²) in [5.74, 6) is 1.61. The summed E-state index contributed by atoms with van der Waals surface area (Å²) in [6.07, 6.45) is 6.72. The van der Waals surface area contributed by atoms with E-state index in [1.165, 1.54) is 51.7 Å². The maximum Gasteiger partial charge on any atom is -0.00258 e. The highest BCUT2D eigenvalue weighted by Gasteiger charge is 1.95. The third-order valence-corrected chi connectivity index (χ3v) is 2.91. The van der Waals surface area contributed by atoms with Crippen LogP contribution in [0.5, 0.6) is 0 Å². The van der Waals surface area contributed by atoms with Crippen LogP contribution in [0.15, 0.2) is 0 Å². The van der Waals surface area contributed by atoms with Crippen molar-refractivity contribution >= 4 is 0 Å². The number of unbranched alkanes of at least 4 members (excludes halogenated alkanes) is 3. The first kappa shape index (κ1) is 16.9. The summed E-state index contributed by atoms with van der Waals surface area (Å²) in [5, 5.41) is 7.01. The van der Waals surface area contributed by atoms with Crippen LogP contribution in [0.2, 0.25) is 0 Å². The zero-order valence-corrected chi connectivity index (χ0v) is 12.5.